The molecule has 0 bridgehead atoms. The van der Waals surface area contributed by atoms with Crippen molar-refractivity contribution in [3.63, 3.8) is 0 Å². The van der Waals surface area contributed by atoms with Crippen molar-refractivity contribution in [2.45, 2.75) is 25.3 Å². The molecule has 8 nitrogen and oxygen atoms in total. The van der Waals surface area contributed by atoms with E-state index in [4.69, 9.17) is 33.9 Å². The highest BCUT2D eigenvalue weighted by atomic mass is 35.5. The zero-order valence-electron chi connectivity index (χ0n) is 19.2. The van der Waals surface area contributed by atoms with E-state index < -0.39 is 5.54 Å². The third-order valence-electron chi connectivity index (χ3n) is 6.53. The standard InChI is InChI=1S/C25H25Cl2N7O/c1-2-31-25(24(28)35)11-13-33(14-12-25)22-20-23(30-15-29-22)34(17-9-7-16(26)8-10-17)21(32-20)18-5-3-4-6-19(18)27/h3-10,15,31H,2,11-14H2,1H3,(H2,28,35)/i21+2. The number of imidazole rings is 1. The quantitative estimate of drug-likeness (QED) is 0.401. The van der Waals surface area contributed by atoms with Gasteiger partial charge in [-0.15, -0.1) is 0 Å². The highest BCUT2D eigenvalue weighted by Crippen LogP contribution is 2.36. The van der Waals surface area contributed by atoms with Crippen LogP contribution < -0.4 is 16.0 Å². The van der Waals surface area contributed by atoms with Crippen LogP contribution in [0.15, 0.2) is 54.9 Å². The predicted molar refractivity (Wildman–Crippen MR) is 139 cm³/mol. The first-order valence-electron chi connectivity index (χ1n) is 11.5. The molecule has 3 N–H and O–H groups in total. The van der Waals surface area contributed by atoms with Gasteiger partial charge < -0.3 is 16.0 Å². The number of carbonyl (C=O) groups is 1. The summed E-state index contributed by atoms with van der Waals surface area (Å²) >= 11 is 12.7. The molecule has 1 saturated heterocycles. The third-order valence-corrected chi connectivity index (χ3v) is 7.11. The normalized spacial score (nSPS) is 15.5. The van der Waals surface area contributed by atoms with Crippen molar-refractivity contribution in [3.8, 4) is 17.1 Å². The summed E-state index contributed by atoms with van der Waals surface area (Å²) in [4.78, 5) is 28.5. The number of anilines is 1. The maximum absolute atomic E-state index is 12.2. The topological polar surface area (TPSA) is 102 Å². The Balaban J connectivity index is 1.63. The molecular weight excluding hydrogens is 487 g/mol. The fourth-order valence-corrected chi connectivity index (χ4v) is 5.06. The Labute approximate surface area is 213 Å². The SMILES string of the molecule is CCNC1(C(N)=O)CCN(c2ncnc3c2n[14c](-c2ccccc2Cl)n3-c2ccc(Cl)cc2)CC1. The first kappa shape index (κ1) is 23.5. The van der Waals surface area contributed by atoms with Crippen molar-refractivity contribution in [1.29, 1.82) is 0 Å². The molecule has 1 fully saturated rings. The number of hydrogen-bond acceptors (Lipinski definition) is 6. The molecule has 1 aliphatic heterocycles. The van der Waals surface area contributed by atoms with E-state index in [2.05, 4.69) is 20.2 Å². The minimum atomic E-state index is -0.706. The van der Waals surface area contributed by atoms with Gasteiger partial charge in [-0.25, -0.2) is 15.0 Å². The van der Waals surface area contributed by atoms with Crippen LogP contribution in [0.5, 0.6) is 0 Å². The maximum atomic E-state index is 12.2. The monoisotopic (exact) mass is 511 g/mol. The second kappa shape index (κ2) is 9.45. The van der Waals surface area contributed by atoms with Gasteiger partial charge in [-0.2, -0.15) is 0 Å². The van der Waals surface area contributed by atoms with Crippen LogP contribution in [0.1, 0.15) is 19.8 Å². The molecule has 3 heterocycles. The molecular formula is C25H25Cl2N7O. The molecule has 0 spiro atoms. The van der Waals surface area contributed by atoms with E-state index in [-0.39, 0.29) is 5.91 Å². The highest BCUT2D eigenvalue weighted by Gasteiger charge is 2.40. The minimum absolute atomic E-state index is 0.320. The average molecular weight is 512 g/mol. The molecule has 2 aromatic heterocycles. The fourth-order valence-electron chi connectivity index (χ4n) is 4.72. The van der Waals surface area contributed by atoms with E-state index in [1.165, 1.54) is 0 Å². The fraction of sp³-hybridized carbons (Fsp3) is 0.280. The van der Waals surface area contributed by atoms with Crippen molar-refractivity contribution < 1.29 is 4.79 Å². The first-order chi connectivity index (χ1) is 16.9. The molecule has 1 amide bonds. The molecule has 0 radical (unpaired) electrons. The number of aromatic nitrogens is 4. The number of fused-ring (bicyclic) bond motifs is 1. The lowest BCUT2D eigenvalue weighted by atomic mass is 9.86. The van der Waals surface area contributed by atoms with Crippen LogP contribution in [0.2, 0.25) is 10.0 Å². The van der Waals surface area contributed by atoms with Gasteiger partial charge in [-0.3, -0.25) is 9.36 Å². The summed E-state index contributed by atoms with van der Waals surface area (Å²) in [6, 6.07) is 15.1. The lowest BCUT2D eigenvalue weighted by Crippen LogP contribution is -2.61. The van der Waals surface area contributed by atoms with Crippen LogP contribution in [0.3, 0.4) is 0 Å². The summed E-state index contributed by atoms with van der Waals surface area (Å²) in [5.74, 6) is 1.05. The molecule has 0 unspecified atom stereocenters. The summed E-state index contributed by atoms with van der Waals surface area (Å²) in [5.41, 5.74) is 8.01. The van der Waals surface area contributed by atoms with Crippen molar-refractivity contribution in [3.05, 3.63) is 64.9 Å². The molecule has 2 aromatic carbocycles. The van der Waals surface area contributed by atoms with E-state index in [9.17, 15) is 4.79 Å². The molecule has 4 aromatic rings. The van der Waals surface area contributed by atoms with Crippen LogP contribution in [-0.4, -0.2) is 50.6 Å². The Kier molecular flexibility index (Phi) is 6.35. The van der Waals surface area contributed by atoms with Crippen LogP contribution in [0.25, 0.3) is 28.2 Å². The zero-order valence-corrected chi connectivity index (χ0v) is 20.7. The second-order valence-corrected chi connectivity index (χ2v) is 9.40. The Morgan fingerprint density at radius 1 is 1.11 bits per heavy atom. The molecule has 10 heteroatoms. The lowest BCUT2D eigenvalue weighted by Gasteiger charge is -2.40. The Morgan fingerprint density at radius 2 is 1.83 bits per heavy atom. The number of benzene rings is 2. The molecule has 0 aliphatic carbocycles. The molecule has 0 saturated carbocycles. The van der Waals surface area contributed by atoms with E-state index in [0.29, 0.717) is 65.3 Å². The Bertz CT molecular complexity index is 1380. The van der Waals surface area contributed by atoms with Gasteiger partial charge in [0, 0.05) is 29.4 Å². The number of amides is 1. The van der Waals surface area contributed by atoms with Gasteiger partial charge in [0.15, 0.2) is 17.0 Å². The number of piperidine rings is 1. The number of likely N-dealkylation sites (N-methyl/N-ethyl adjacent to an activating group) is 1. The lowest BCUT2D eigenvalue weighted by molar-refractivity contribution is -0.125. The number of nitrogens with one attached hydrogen (secondary N) is 1. The molecule has 0 atom stereocenters. The van der Waals surface area contributed by atoms with Gasteiger partial charge >= 0.3 is 0 Å². The maximum Gasteiger partial charge on any atom is 0.237 e. The zero-order chi connectivity index (χ0) is 24.6. The number of nitrogens with zero attached hydrogens (tertiary/aromatic N) is 5. The number of halogens is 2. The molecule has 180 valence electrons. The number of primary amides is 1. The van der Waals surface area contributed by atoms with E-state index >= 15 is 0 Å². The van der Waals surface area contributed by atoms with Crippen LogP contribution in [0, 0.1) is 0 Å². The van der Waals surface area contributed by atoms with Gasteiger partial charge in [-0.1, -0.05) is 42.3 Å². The van der Waals surface area contributed by atoms with Crippen molar-refractivity contribution >= 4 is 46.1 Å². The van der Waals surface area contributed by atoms with Gasteiger partial charge in [0.1, 0.15) is 17.7 Å². The largest absolute Gasteiger partial charge is 0.368 e. The molecule has 35 heavy (non-hydrogen) atoms. The number of nitrogens with two attached hydrogens (primary N) is 1. The van der Waals surface area contributed by atoms with E-state index in [0.717, 1.165) is 11.3 Å². The third kappa shape index (κ3) is 4.22. The van der Waals surface area contributed by atoms with Crippen molar-refractivity contribution in [2.75, 3.05) is 24.5 Å². The minimum Gasteiger partial charge on any atom is -0.368 e. The van der Waals surface area contributed by atoms with Crippen molar-refractivity contribution in [1.82, 2.24) is 24.8 Å². The molecule has 5 rings (SSSR count). The molecule has 1 aliphatic rings. The number of hydrogen-bond donors (Lipinski definition) is 2. The predicted octanol–water partition coefficient (Wildman–Crippen LogP) is 4.22. The van der Waals surface area contributed by atoms with Gasteiger partial charge in [0.2, 0.25) is 5.91 Å². The summed E-state index contributed by atoms with van der Waals surface area (Å²) in [7, 11) is 0. The summed E-state index contributed by atoms with van der Waals surface area (Å²) < 4.78 is 1.97. The van der Waals surface area contributed by atoms with E-state index in [1.54, 1.807) is 6.33 Å². The Morgan fingerprint density at radius 3 is 2.49 bits per heavy atom. The van der Waals surface area contributed by atoms with Crippen LogP contribution in [-0.2, 0) is 4.79 Å². The Hall–Kier alpha value is -3.20. The highest BCUT2D eigenvalue weighted by molar-refractivity contribution is 6.33. The number of carbonyl (C=O) groups excluding carboxylic acids is 1. The summed E-state index contributed by atoms with van der Waals surface area (Å²) in [6.45, 7) is 3.87. The van der Waals surface area contributed by atoms with Gasteiger partial charge in [-0.05, 0) is 55.8 Å². The number of rotatable bonds is 6. The first-order valence-corrected chi connectivity index (χ1v) is 12.2. The van der Waals surface area contributed by atoms with Gasteiger partial charge in [0.25, 0.3) is 0 Å². The van der Waals surface area contributed by atoms with Crippen LogP contribution in [0.4, 0.5) is 5.82 Å². The smallest absolute Gasteiger partial charge is 0.237 e. The van der Waals surface area contributed by atoms with Gasteiger partial charge in [0.05, 0.1) is 5.02 Å². The second-order valence-electron chi connectivity index (χ2n) is 8.56. The van der Waals surface area contributed by atoms with Crippen LogP contribution >= 0.6 is 23.2 Å². The average Bonchev–Trinajstić information content (AvgIpc) is 3.25. The summed E-state index contributed by atoms with van der Waals surface area (Å²) in [5, 5.41) is 4.52. The van der Waals surface area contributed by atoms with Crippen molar-refractivity contribution in [2.24, 2.45) is 5.73 Å². The summed E-state index contributed by atoms with van der Waals surface area (Å²) in [6.07, 6.45) is 2.70. The van der Waals surface area contributed by atoms with E-state index in [1.807, 2.05) is 60.0 Å².